The number of hydrogen-bond acceptors (Lipinski definition) is 4. The number of rotatable bonds is 3. The smallest absolute Gasteiger partial charge is 0.259 e. The molecule has 5 rings (SSSR count). The van der Waals surface area contributed by atoms with Gasteiger partial charge in [-0.3, -0.25) is 4.79 Å². The molecule has 0 saturated carbocycles. The second-order valence-corrected chi connectivity index (χ2v) is 8.46. The van der Waals surface area contributed by atoms with E-state index in [1.54, 1.807) is 11.8 Å². The van der Waals surface area contributed by atoms with Crippen molar-refractivity contribution < 1.29 is 4.79 Å². The third-order valence-electron chi connectivity index (χ3n) is 5.58. The standard InChI is InChI=1S/C22H22N4OS/c1-14-12-24-21-20(14)18(8-9-23-21)26-10-11-28-19(13-26)22(27)25-17-7-6-15-4-2-3-5-16(15)17/h2-5,8-9,12-13,17H,6-7,10-11H2,1H3,(H,23,24)(H,25,27)/t17-/m1/s1. The third kappa shape index (κ3) is 2.98. The fourth-order valence-electron chi connectivity index (χ4n) is 4.19. The number of hydrogen-bond donors (Lipinski definition) is 2. The van der Waals surface area contributed by atoms with Gasteiger partial charge in [0.15, 0.2) is 0 Å². The van der Waals surface area contributed by atoms with Crippen molar-refractivity contribution in [3.63, 3.8) is 0 Å². The van der Waals surface area contributed by atoms with Crippen LogP contribution in [0.15, 0.2) is 53.8 Å². The van der Waals surface area contributed by atoms with Gasteiger partial charge in [0.05, 0.1) is 16.6 Å². The number of carbonyl (C=O) groups excluding carboxylic acids is 1. The third-order valence-corrected chi connectivity index (χ3v) is 6.57. The van der Waals surface area contributed by atoms with Crippen LogP contribution >= 0.6 is 11.8 Å². The summed E-state index contributed by atoms with van der Waals surface area (Å²) in [4.78, 5) is 23.6. The summed E-state index contributed by atoms with van der Waals surface area (Å²) >= 11 is 1.63. The number of aryl methyl sites for hydroxylation is 2. The zero-order chi connectivity index (χ0) is 19.1. The van der Waals surface area contributed by atoms with E-state index < -0.39 is 0 Å². The summed E-state index contributed by atoms with van der Waals surface area (Å²) in [7, 11) is 0. The van der Waals surface area contributed by atoms with Gasteiger partial charge >= 0.3 is 0 Å². The number of aromatic nitrogens is 2. The summed E-state index contributed by atoms with van der Waals surface area (Å²) in [6, 6.07) is 10.5. The molecule has 1 aromatic carbocycles. The lowest BCUT2D eigenvalue weighted by Gasteiger charge is -2.27. The highest BCUT2D eigenvalue weighted by Crippen LogP contribution is 2.34. The van der Waals surface area contributed by atoms with Gasteiger partial charge in [-0.2, -0.15) is 0 Å². The van der Waals surface area contributed by atoms with Crippen molar-refractivity contribution in [1.29, 1.82) is 0 Å². The molecule has 0 saturated heterocycles. The number of pyridine rings is 1. The molecular weight excluding hydrogens is 368 g/mol. The summed E-state index contributed by atoms with van der Waals surface area (Å²) in [5.41, 5.74) is 5.75. The molecule has 1 atom stereocenters. The molecule has 0 bridgehead atoms. The van der Waals surface area contributed by atoms with Gasteiger partial charge in [0.25, 0.3) is 5.91 Å². The van der Waals surface area contributed by atoms with Crippen LogP contribution < -0.4 is 10.2 Å². The fraction of sp³-hybridized carbons (Fsp3) is 0.273. The molecule has 5 nitrogen and oxygen atoms in total. The zero-order valence-corrected chi connectivity index (χ0v) is 16.6. The average molecular weight is 391 g/mol. The second kappa shape index (κ2) is 7.02. The van der Waals surface area contributed by atoms with E-state index in [-0.39, 0.29) is 11.9 Å². The maximum Gasteiger partial charge on any atom is 0.259 e. The summed E-state index contributed by atoms with van der Waals surface area (Å²) in [5, 5.41) is 4.37. The summed E-state index contributed by atoms with van der Waals surface area (Å²) in [6.07, 6.45) is 7.79. The fourth-order valence-corrected chi connectivity index (χ4v) is 5.09. The second-order valence-electron chi connectivity index (χ2n) is 7.32. The number of amides is 1. The summed E-state index contributed by atoms with van der Waals surface area (Å²) in [5.74, 6) is 0.904. The molecule has 28 heavy (non-hydrogen) atoms. The Morgan fingerprint density at radius 2 is 2.21 bits per heavy atom. The van der Waals surface area contributed by atoms with Crippen LogP contribution in [0, 0.1) is 6.92 Å². The molecule has 0 unspecified atom stereocenters. The molecule has 2 aromatic heterocycles. The van der Waals surface area contributed by atoms with Crippen molar-refractivity contribution in [2.24, 2.45) is 0 Å². The number of carbonyl (C=O) groups is 1. The number of benzene rings is 1. The molecule has 0 spiro atoms. The number of nitrogens with one attached hydrogen (secondary N) is 2. The van der Waals surface area contributed by atoms with Gasteiger partial charge in [0.2, 0.25) is 0 Å². The number of nitrogens with zero attached hydrogens (tertiary/aromatic N) is 2. The largest absolute Gasteiger partial charge is 0.346 e. The molecule has 1 aliphatic carbocycles. The van der Waals surface area contributed by atoms with Crippen LogP contribution in [0.5, 0.6) is 0 Å². The van der Waals surface area contributed by atoms with E-state index in [9.17, 15) is 4.79 Å². The highest BCUT2D eigenvalue weighted by Gasteiger charge is 2.26. The summed E-state index contributed by atoms with van der Waals surface area (Å²) < 4.78 is 0. The Labute approximate surface area is 168 Å². The SMILES string of the molecule is Cc1c[nH]c2nccc(N3C=C(C(=O)N[C@@H]4CCc5ccccc54)SCC3)c12. The van der Waals surface area contributed by atoms with Gasteiger partial charge in [-0.25, -0.2) is 4.98 Å². The normalized spacial score (nSPS) is 18.8. The highest BCUT2D eigenvalue weighted by molar-refractivity contribution is 8.04. The van der Waals surface area contributed by atoms with Crippen LogP contribution in [-0.2, 0) is 11.2 Å². The van der Waals surface area contributed by atoms with Crippen molar-refractivity contribution in [1.82, 2.24) is 15.3 Å². The van der Waals surface area contributed by atoms with E-state index in [2.05, 4.69) is 45.3 Å². The van der Waals surface area contributed by atoms with Gasteiger partial charge in [0, 0.05) is 36.3 Å². The van der Waals surface area contributed by atoms with Gasteiger partial charge < -0.3 is 15.2 Å². The lowest BCUT2D eigenvalue weighted by molar-refractivity contribution is -0.117. The molecule has 142 valence electrons. The number of aromatic amines is 1. The van der Waals surface area contributed by atoms with E-state index in [1.165, 1.54) is 16.7 Å². The van der Waals surface area contributed by atoms with Crippen LogP contribution in [-0.4, -0.2) is 28.2 Å². The van der Waals surface area contributed by atoms with Gasteiger partial charge in [-0.1, -0.05) is 24.3 Å². The Hall–Kier alpha value is -2.73. The van der Waals surface area contributed by atoms with E-state index in [0.717, 1.165) is 46.8 Å². The first kappa shape index (κ1) is 17.4. The first-order valence-electron chi connectivity index (χ1n) is 9.63. The Morgan fingerprint density at radius 1 is 1.32 bits per heavy atom. The molecule has 1 amide bonds. The first-order chi connectivity index (χ1) is 13.7. The molecule has 6 heteroatoms. The van der Waals surface area contributed by atoms with E-state index in [1.807, 2.05) is 30.7 Å². The maximum atomic E-state index is 13.0. The Bertz CT molecular complexity index is 1090. The van der Waals surface area contributed by atoms with Crippen molar-refractivity contribution in [3.8, 4) is 0 Å². The van der Waals surface area contributed by atoms with Crippen LogP contribution in [0.1, 0.15) is 29.2 Å². The van der Waals surface area contributed by atoms with Crippen LogP contribution in [0.4, 0.5) is 5.69 Å². The number of fused-ring (bicyclic) bond motifs is 2. The molecule has 1 aliphatic heterocycles. The van der Waals surface area contributed by atoms with Gasteiger partial charge in [-0.15, -0.1) is 11.8 Å². The molecule has 2 N–H and O–H groups in total. The number of anilines is 1. The average Bonchev–Trinajstić information content (AvgIpc) is 3.32. The van der Waals surface area contributed by atoms with Crippen molar-refractivity contribution in [2.45, 2.75) is 25.8 Å². The number of H-pyrrole nitrogens is 1. The first-order valence-corrected chi connectivity index (χ1v) is 10.6. The predicted octanol–water partition coefficient (Wildman–Crippen LogP) is 4.07. The van der Waals surface area contributed by atoms with Crippen LogP contribution in [0.3, 0.4) is 0 Å². The molecule has 0 fully saturated rings. The lowest BCUT2D eigenvalue weighted by atomic mass is 10.1. The monoisotopic (exact) mass is 390 g/mol. The molecular formula is C22H22N4OS. The van der Waals surface area contributed by atoms with Crippen LogP contribution in [0.2, 0.25) is 0 Å². The quantitative estimate of drug-likeness (QED) is 0.708. The molecule has 0 radical (unpaired) electrons. The lowest BCUT2D eigenvalue weighted by Crippen LogP contribution is -2.32. The predicted molar refractivity (Wildman–Crippen MR) is 114 cm³/mol. The zero-order valence-electron chi connectivity index (χ0n) is 15.7. The number of thioether (sulfide) groups is 1. The Kier molecular flexibility index (Phi) is 4.36. The van der Waals surface area contributed by atoms with Gasteiger partial charge in [-0.05, 0) is 42.5 Å². The van der Waals surface area contributed by atoms with E-state index >= 15 is 0 Å². The van der Waals surface area contributed by atoms with E-state index in [0.29, 0.717) is 0 Å². The molecule has 2 aliphatic rings. The molecule has 3 aromatic rings. The van der Waals surface area contributed by atoms with E-state index in [4.69, 9.17) is 0 Å². The van der Waals surface area contributed by atoms with Gasteiger partial charge in [0.1, 0.15) is 5.65 Å². The summed E-state index contributed by atoms with van der Waals surface area (Å²) in [6.45, 7) is 2.95. The minimum absolute atomic E-state index is 0.0208. The van der Waals surface area contributed by atoms with Crippen molar-refractivity contribution in [3.05, 3.63) is 70.5 Å². The van der Waals surface area contributed by atoms with Crippen LogP contribution in [0.25, 0.3) is 11.0 Å². The maximum absolute atomic E-state index is 13.0. The highest BCUT2D eigenvalue weighted by atomic mass is 32.2. The molecule has 3 heterocycles. The van der Waals surface area contributed by atoms with Crippen molar-refractivity contribution >= 4 is 34.4 Å². The minimum atomic E-state index is 0.0208. The van der Waals surface area contributed by atoms with Crippen molar-refractivity contribution in [2.75, 3.05) is 17.2 Å². The Balaban J connectivity index is 1.40. The minimum Gasteiger partial charge on any atom is -0.346 e. The Morgan fingerprint density at radius 3 is 3.14 bits per heavy atom. The topological polar surface area (TPSA) is 61.0 Å².